The molecule has 2 unspecified atom stereocenters. The van der Waals surface area contributed by atoms with Crippen LogP contribution in [-0.2, 0) is 11.8 Å². The fourth-order valence-electron chi connectivity index (χ4n) is 2.42. The molecule has 108 valence electrons. The lowest BCUT2D eigenvalue weighted by Crippen LogP contribution is -2.34. The Balaban J connectivity index is 1.75. The number of aryl methyl sites for hydroxylation is 2. The van der Waals surface area contributed by atoms with Crippen LogP contribution in [0.2, 0.25) is 0 Å². The van der Waals surface area contributed by atoms with E-state index in [1.807, 2.05) is 25.6 Å². The van der Waals surface area contributed by atoms with Crippen molar-refractivity contribution in [3.05, 3.63) is 11.4 Å². The molecule has 0 aromatic carbocycles. The van der Waals surface area contributed by atoms with E-state index in [1.165, 1.54) is 12.8 Å². The Kier molecular flexibility index (Phi) is 4.82. The molecule has 0 saturated carbocycles. The van der Waals surface area contributed by atoms with E-state index in [9.17, 15) is 0 Å². The van der Waals surface area contributed by atoms with Crippen LogP contribution >= 0.6 is 0 Å². The highest BCUT2D eigenvalue weighted by atomic mass is 16.5. The van der Waals surface area contributed by atoms with Crippen LogP contribution in [-0.4, -0.2) is 41.7 Å². The second-order valence-electron chi connectivity index (χ2n) is 5.35. The standard InChI is InChI=1S/C14H25N3O2/c1-10(8-15-9-13-6-5-7-18-13)19-14-11(2)16-17(4)12(14)3/h10,13,15H,5-9H2,1-4H3. The van der Waals surface area contributed by atoms with E-state index in [0.717, 1.165) is 36.8 Å². The highest BCUT2D eigenvalue weighted by Crippen LogP contribution is 2.22. The molecule has 1 aliphatic rings. The molecule has 1 aromatic heterocycles. The number of hydrogen-bond donors (Lipinski definition) is 1. The second kappa shape index (κ2) is 6.39. The fraction of sp³-hybridized carbons (Fsp3) is 0.786. The van der Waals surface area contributed by atoms with E-state index >= 15 is 0 Å². The Hall–Kier alpha value is -1.07. The largest absolute Gasteiger partial charge is 0.486 e. The van der Waals surface area contributed by atoms with Crippen molar-refractivity contribution < 1.29 is 9.47 Å². The van der Waals surface area contributed by atoms with Gasteiger partial charge in [-0.25, -0.2) is 0 Å². The normalized spacial score (nSPS) is 20.7. The molecule has 5 nitrogen and oxygen atoms in total. The van der Waals surface area contributed by atoms with Crippen molar-refractivity contribution >= 4 is 0 Å². The van der Waals surface area contributed by atoms with E-state index in [1.54, 1.807) is 0 Å². The van der Waals surface area contributed by atoms with Crippen LogP contribution < -0.4 is 10.1 Å². The SMILES string of the molecule is Cc1nn(C)c(C)c1OC(C)CNCC1CCCO1. The molecular formula is C14H25N3O2. The third-order valence-corrected chi connectivity index (χ3v) is 3.59. The van der Waals surface area contributed by atoms with Gasteiger partial charge in [0.1, 0.15) is 11.8 Å². The Bertz CT molecular complexity index is 411. The fourth-order valence-corrected chi connectivity index (χ4v) is 2.42. The van der Waals surface area contributed by atoms with Gasteiger partial charge in [-0.1, -0.05) is 0 Å². The molecule has 2 heterocycles. The molecule has 0 radical (unpaired) electrons. The van der Waals surface area contributed by atoms with Crippen LogP contribution in [0.25, 0.3) is 0 Å². The summed E-state index contributed by atoms with van der Waals surface area (Å²) in [7, 11) is 1.94. The Morgan fingerprint density at radius 3 is 2.89 bits per heavy atom. The minimum Gasteiger partial charge on any atom is -0.486 e. The van der Waals surface area contributed by atoms with E-state index in [2.05, 4.69) is 17.3 Å². The average molecular weight is 267 g/mol. The van der Waals surface area contributed by atoms with Crippen LogP contribution in [0.4, 0.5) is 0 Å². The summed E-state index contributed by atoms with van der Waals surface area (Å²) in [5.41, 5.74) is 2.02. The van der Waals surface area contributed by atoms with Gasteiger partial charge in [0.2, 0.25) is 0 Å². The summed E-state index contributed by atoms with van der Waals surface area (Å²) in [5.74, 6) is 0.911. The topological polar surface area (TPSA) is 48.3 Å². The lowest BCUT2D eigenvalue weighted by Gasteiger charge is -2.17. The predicted molar refractivity (Wildman–Crippen MR) is 74.6 cm³/mol. The first-order chi connectivity index (χ1) is 9.08. The summed E-state index contributed by atoms with van der Waals surface area (Å²) in [6.07, 6.45) is 2.87. The molecule has 1 saturated heterocycles. The number of aromatic nitrogens is 2. The van der Waals surface area contributed by atoms with Gasteiger partial charge in [-0.3, -0.25) is 4.68 Å². The molecule has 1 aliphatic heterocycles. The van der Waals surface area contributed by atoms with E-state index in [0.29, 0.717) is 6.10 Å². The van der Waals surface area contributed by atoms with Crippen molar-refractivity contribution in [2.45, 2.75) is 45.8 Å². The summed E-state index contributed by atoms with van der Waals surface area (Å²) in [4.78, 5) is 0. The minimum atomic E-state index is 0.128. The first-order valence-corrected chi connectivity index (χ1v) is 7.07. The minimum absolute atomic E-state index is 0.128. The second-order valence-corrected chi connectivity index (χ2v) is 5.35. The monoisotopic (exact) mass is 267 g/mol. The zero-order valence-corrected chi connectivity index (χ0v) is 12.4. The van der Waals surface area contributed by atoms with E-state index < -0.39 is 0 Å². The third-order valence-electron chi connectivity index (χ3n) is 3.59. The molecule has 0 amide bonds. The molecule has 0 spiro atoms. The zero-order valence-electron chi connectivity index (χ0n) is 12.4. The lowest BCUT2D eigenvalue weighted by atomic mass is 10.2. The molecule has 1 fully saturated rings. The quantitative estimate of drug-likeness (QED) is 0.850. The number of ether oxygens (including phenoxy) is 2. The number of hydrogen-bond acceptors (Lipinski definition) is 4. The van der Waals surface area contributed by atoms with Gasteiger partial charge in [0.05, 0.1) is 11.8 Å². The van der Waals surface area contributed by atoms with Gasteiger partial charge in [-0.15, -0.1) is 0 Å². The van der Waals surface area contributed by atoms with Crippen molar-refractivity contribution in [2.24, 2.45) is 7.05 Å². The molecule has 1 aromatic rings. The van der Waals surface area contributed by atoms with Gasteiger partial charge < -0.3 is 14.8 Å². The summed E-state index contributed by atoms with van der Waals surface area (Å²) < 4.78 is 13.4. The lowest BCUT2D eigenvalue weighted by molar-refractivity contribution is 0.106. The van der Waals surface area contributed by atoms with Crippen LogP contribution in [0, 0.1) is 13.8 Å². The maximum absolute atomic E-state index is 5.97. The summed E-state index contributed by atoms with van der Waals surface area (Å²) in [6.45, 7) is 8.74. The third kappa shape index (κ3) is 3.70. The molecule has 1 N–H and O–H groups in total. The van der Waals surface area contributed by atoms with E-state index in [4.69, 9.17) is 9.47 Å². The Morgan fingerprint density at radius 1 is 1.53 bits per heavy atom. The van der Waals surface area contributed by atoms with Crippen molar-refractivity contribution in [3.8, 4) is 5.75 Å². The Morgan fingerprint density at radius 2 is 2.32 bits per heavy atom. The molecule has 0 aliphatic carbocycles. The molecule has 19 heavy (non-hydrogen) atoms. The van der Waals surface area contributed by atoms with Gasteiger partial charge in [-0.2, -0.15) is 5.10 Å². The molecule has 2 rings (SSSR count). The highest BCUT2D eigenvalue weighted by molar-refractivity contribution is 5.31. The van der Waals surface area contributed by atoms with Gasteiger partial charge in [0.25, 0.3) is 0 Å². The molecule has 5 heteroatoms. The van der Waals surface area contributed by atoms with Gasteiger partial charge in [0, 0.05) is 26.7 Å². The summed E-state index contributed by atoms with van der Waals surface area (Å²) in [6, 6.07) is 0. The first kappa shape index (κ1) is 14.3. The van der Waals surface area contributed by atoms with Gasteiger partial charge in [0.15, 0.2) is 5.75 Å². The summed E-state index contributed by atoms with van der Waals surface area (Å²) >= 11 is 0. The first-order valence-electron chi connectivity index (χ1n) is 7.07. The van der Waals surface area contributed by atoms with Crippen molar-refractivity contribution in [2.75, 3.05) is 19.7 Å². The smallest absolute Gasteiger partial charge is 0.163 e. The van der Waals surface area contributed by atoms with Crippen LogP contribution in [0.1, 0.15) is 31.2 Å². The maximum Gasteiger partial charge on any atom is 0.163 e. The number of nitrogens with one attached hydrogen (secondary N) is 1. The van der Waals surface area contributed by atoms with Crippen LogP contribution in [0.5, 0.6) is 5.75 Å². The maximum atomic E-state index is 5.97. The van der Waals surface area contributed by atoms with E-state index in [-0.39, 0.29) is 6.10 Å². The predicted octanol–water partition coefficient (Wildman–Crippen LogP) is 1.57. The summed E-state index contributed by atoms with van der Waals surface area (Å²) in [5, 5.41) is 7.77. The van der Waals surface area contributed by atoms with Gasteiger partial charge >= 0.3 is 0 Å². The molecule has 0 bridgehead atoms. The van der Waals surface area contributed by atoms with Crippen molar-refractivity contribution in [1.29, 1.82) is 0 Å². The average Bonchev–Trinajstić information content (AvgIpc) is 2.94. The van der Waals surface area contributed by atoms with Crippen LogP contribution in [0.3, 0.4) is 0 Å². The van der Waals surface area contributed by atoms with Crippen molar-refractivity contribution in [1.82, 2.24) is 15.1 Å². The van der Waals surface area contributed by atoms with Gasteiger partial charge in [-0.05, 0) is 33.6 Å². The van der Waals surface area contributed by atoms with Crippen molar-refractivity contribution in [3.63, 3.8) is 0 Å². The molecular weight excluding hydrogens is 242 g/mol. The Labute approximate surface area is 115 Å². The number of nitrogens with zero attached hydrogens (tertiary/aromatic N) is 2. The number of rotatable bonds is 6. The highest BCUT2D eigenvalue weighted by Gasteiger charge is 2.16. The molecule has 2 atom stereocenters. The zero-order chi connectivity index (χ0) is 13.8. The van der Waals surface area contributed by atoms with Crippen LogP contribution in [0.15, 0.2) is 0 Å².